The molecule has 3 rings (SSSR count). The second kappa shape index (κ2) is 6.99. The highest BCUT2D eigenvalue weighted by Crippen LogP contribution is 2.58. The van der Waals surface area contributed by atoms with Gasteiger partial charge in [-0.15, -0.1) is 0 Å². The molecule has 1 heterocycles. The number of hydrogen-bond donors (Lipinski definition) is 1. The van der Waals surface area contributed by atoms with Crippen molar-refractivity contribution in [3.63, 3.8) is 0 Å². The van der Waals surface area contributed by atoms with Crippen LogP contribution < -0.4 is 0 Å². The first kappa shape index (κ1) is 19.4. The van der Waals surface area contributed by atoms with Crippen molar-refractivity contribution >= 4 is 11.9 Å². The molecule has 1 aliphatic heterocycles. The Kier molecular flexibility index (Phi) is 5.22. The molecule has 0 amide bonds. The fourth-order valence-electron chi connectivity index (χ4n) is 5.47. The minimum absolute atomic E-state index is 0.0238. The average molecular weight is 364 g/mol. The van der Waals surface area contributed by atoms with Crippen molar-refractivity contribution in [2.75, 3.05) is 13.7 Å². The third-order valence-corrected chi connectivity index (χ3v) is 7.62. The van der Waals surface area contributed by atoms with E-state index in [-0.39, 0.29) is 23.2 Å². The number of aliphatic hydroxyl groups is 1. The molecule has 5 nitrogen and oxygen atoms in total. The summed E-state index contributed by atoms with van der Waals surface area (Å²) in [5.41, 5.74) is 0.908. The first-order valence-corrected chi connectivity index (χ1v) is 9.87. The Morgan fingerprint density at radius 2 is 2.12 bits per heavy atom. The number of rotatable bonds is 4. The Labute approximate surface area is 156 Å². The molecule has 1 N–H and O–H groups in total. The smallest absolute Gasteiger partial charge is 0.335 e. The van der Waals surface area contributed by atoms with Gasteiger partial charge in [0.15, 0.2) is 6.10 Å². The number of carbonyl (C=O) groups is 2. The first-order valence-electron chi connectivity index (χ1n) is 9.87. The van der Waals surface area contributed by atoms with Crippen molar-refractivity contribution < 1.29 is 24.2 Å². The van der Waals surface area contributed by atoms with Gasteiger partial charge >= 0.3 is 11.9 Å². The molecule has 0 aromatic carbocycles. The lowest BCUT2D eigenvalue weighted by Crippen LogP contribution is -2.48. The maximum atomic E-state index is 12.5. The molecular formula is C21H32O5. The molecule has 2 aliphatic carbocycles. The molecule has 1 saturated heterocycles. The summed E-state index contributed by atoms with van der Waals surface area (Å²) in [5, 5.41) is 10.0. The van der Waals surface area contributed by atoms with Crippen LogP contribution in [0.3, 0.4) is 0 Å². The quantitative estimate of drug-likeness (QED) is 0.612. The zero-order valence-electron chi connectivity index (χ0n) is 16.4. The van der Waals surface area contributed by atoms with Crippen molar-refractivity contribution in [3.8, 4) is 0 Å². The lowest BCUT2D eigenvalue weighted by molar-refractivity contribution is -0.156. The third-order valence-electron chi connectivity index (χ3n) is 7.62. The Bertz CT molecular complexity index is 612. The van der Waals surface area contributed by atoms with Gasteiger partial charge in [-0.2, -0.15) is 0 Å². The van der Waals surface area contributed by atoms with Crippen LogP contribution in [0.5, 0.6) is 0 Å². The normalized spacial score (nSPS) is 42.7. The zero-order chi connectivity index (χ0) is 19.1. The van der Waals surface area contributed by atoms with Gasteiger partial charge in [0.1, 0.15) is 0 Å². The molecule has 0 aromatic rings. The standard InChI is InChI=1S/C21H32O5/c1-13-7-8-16-15(6-5-10-21(16,3)19(24)25-4)20(13,2)11-9-14-12-26-18(23)17(14)22/h6,13-14,16-17,22H,5,7-12H2,1-4H3/t13-,14-,16+,17-,20+,21+/m1/s1. The molecule has 6 atom stereocenters. The second-order valence-electron chi connectivity index (χ2n) is 8.93. The van der Waals surface area contributed by atoms with Crippen LogP contribution in [0, 0.1) is 28.6 Å². The summed E-state index contributed by atoms with van der Waals surface area (Å²) >= 11 is 0. The monoisotopic (exact) mass is 364 g/mol. The highest BCUT2D eigenvalue weighted by molar-refractivity contribution is 5.78. The van der Waals surface area contributed by atoms with Gasteiger partial charge in [-0.3, -0.25) is 4.79 Å². The van der Waals surface area contributed by atoms with E-state index in [9.17, 15) is 14.7 Å². The molecule has 26 heavy (non-hydrogen) atoms. The number of allylic oxidation sites excluding steroid dienone is 2. The number of fused-ring (bicyclic) bond motifs is 1. The van der Waals surface area contributed by atoms with Gasteiger partial charge in [-0.1, -0.05) is 25.5 Å². The number of hydrogen-bond acceptors (Lipinski definition) is 5. The fraction of sp³-hybridized carbons (Fsp3) is 0.810. The van der Waals surface area contributed by atoms with Gasteiger partial charge in [0.25, 0.3) is 0 Å². The van der Waals surface area contributed by atoms with Crippen molar-refractivity contribution in [3.05, 3.63) is 11.6 Å². The van der Waals surface area contributed by atoms with Gasteiger partial charge in [-0.05, 0) is 62.7 Å². The number of esters is 2. The van der Waals surface area contributed by atoms with Crippen LogP contribution in [0.4, 0.5) is 0 Å². The van der Waals surface area contributed by atoms with Crippen LogP contribution in [0.25, 0.3) is 0 Å². The minimum atomic E-state index is -0.992. The maximum Gasteiger partial charge on any atom is 0.335 e. The minimum Gasteiger partial charge on any atom is -0.469 e. The van der Waals surface area contributed by atoms with Gasteiger partial charge in [0.05, 0.1) is 19.1 Å². The van der Waals surface area contributed by atoms with Gasteiger partial charge in [-0.25, -0.2) is 4.79 Å². The van der Waals surface area contributed by atoms with Crippen LogP contribution >= 0.6 is 0 Å². The largest absolute Gasteiger partial charge is 0.469 e. The Morgan fingerprint density at radius 1 is 1.38 bits per heavy atom. The van der Waals surface area contributed by atoms with Crippen molar-refractivity contribution in [2.45, 2.75) is 65.4 Å². The predicted molar refractivity (Wildman–Crippen MR) is 97.1 cm³/mol. The molecule has 0 aromatic heterocycles. The SMILES string of the molecule is COC(=O)[C@@]1(C)CCC=C2[C@@H]1CC[C@@H](C)[C@]2(C)CC[C@@H]1COC(=O)[C@@H]1O. The lowest BCUT2D eigenvalue weighted by Gasteiger charge is -2.53. The third kappa shape index (κ3) is 2.98. The number of aliphatic hydroxyl groups excluding tert-OH is 1. The van der Waals surface area contributed by atoms with E-state index in [0.29, 0.717) is 12.5 Å². The zero-order valence-corrected chi connectivity index (χ0v) is 16.4. The van der Waals surface area contributed by atoms with Gasteiger partial charge < -0.3 is 14.6 Å². The topological polar surface area (TPSA) is 72.8 Å². The van der Waals surface area contributed by atoms with Gasteiger partial charge in [0.2, 0.25) is 0 Å². The highest BCUT2D eigenvalue weighted by Gasteiger charge is 2.53. The Hall–Kier alpha value is -1.36. The van der Waals surface area contributed by atoms with Crippen LogP contribution in [0.15, 0.2) is 11.6 Å². The molecule has 3 aliphatic rings. The lowest BCUT2D eigenvalue weighted by atomic mass is 9.51. The van der Waals surface area contributed by atoms with E-state index in [1.165, 1.54) is 12.7 Å². The molecule has 0 bridgehead atoms. The Morgan fingerprint density at radius 3 is 2.73 bits per heavy atom. The van der Waals surface area contributed by atoms with Crippen molar-refractivity contribution in [1.82, 2.24) is 0 Å². The van der Waals surface area contributed by atoms with Crippen LogP contribution in [-0.4, -0.2) is 36.9 Å². The van der Waals surface area contributed by atoms with Crippen LogP contribution in [-0.2, 0) is 19.1 Å². The molecule has 0 unspecified atom stereocenters. The molecule has 0 spiro atoms. The van der Waals surface area contributed by atoms with E-state index in [0.717, 1.165) is 38.5 Å². The maximum absolute atomic E-state index is 12.5. The van der Waals surface area contributed by atoms with E-state index >= 15 is 0 Å². The summed E-state index contributed by atoms with van der Waals surface area (Å²) < 4.78 is 10.1. The summed E-state index contributed by atoms with van der Waals surface area (Å²) in [5.74, 6) is -0.000357. The summed E-state index contributed by atoms with van der Waals surface area (Å²) in [6.07, 6.45) is 6.83. The molecule has 146 valence electrons. The summed E-state index contributed by atoms with van der Waals surface area (Å²) in [6, 6.07) is 0. The first-order chi connectivity index (χ1) is 12.2. The molecule has 0 radical (unpaired) electrons. The summed E-state index contributed by atoms with van der Waals surface area (Å²) in [4.78, 5) is 24.0. The Balaban J connectivity index is 1.82. The van der Waals surface area contributed by atoms with E-state index in [1.54, 1.807) is 0 Å². The van der Waals surface area contributed by atoms with Crippen molar-refractivity contribution in [2.24, 2.45) is 28.6 Å². The number of cyclic esters (lactones) is 1. The van der Waals surface area contributed by atoms with Gasteiger partial charge in [0, 0.05) is 5.92 Å². The number of carbonyl (C=O) groups excluding carboxylic acids is 2. The fourth-order valence-corrected chi connectivity index (χ4v) is 5.47. The predicted octanol–water partition coefficient (Wildman–Crippen LogP) is 3.25. The number of methoxy groups -OCH3 is 1. The van der Waals surface area contributed by atoms with E-state index in [2.05, 4.69) is 26.8 Å². The van der Waals surface area contributed by atoms with Crippen LogP contribution in [0.1, 0.15) is 59.3 Å². The summed E-state index contributed by atoms with van der Waals surface area (Å²) in [6.45, 7) is 6.95. The van der Waals surface area contributed by atoms with Crippen molar-refractivity contribution in [1.29, 1.82) is 0 Å². The molecule has 2 fully saturated rings. The molecule has 1 saturated carbocycles. The highest BCUT2D eigenvalue weighted by atomic mass is 16.6. The molecular weight excluding hydrogens is 332 g/mol. The number of ether oxygens (including phenoxy) is 2. The molecule has 5 heteroatoms. The average Bonchev–Trinajstić information content (AvgIpc) is 2.95. The van der Waals surface area contributed by atoms with E-state index < -0.39 is 17.5 Å². The summed E-state index contributed by atoms with van der Waals surface area (Å²) in [7, 11) is 1.48. The van der Waals surface area contributed by atoms with E-state index in [4.69, 9.17) is 9.47 Å². The second-order valence-corrected chi connectivity index (χ2v) is 8.93. The van der Waals surface area contributed by atoms with E-state index in [1.807, 2.05) is 0 Å². The van der Waals surface area contributed by atoms with Crippen LogP contribution in [0.2, 0.25) is 0 Å².